The monoisotopic (exact) mass is 287 g/mol. The number of hydrogen-bond donors (Lipinski definition) is 1. The quantitative estimate of drug-likeness (QED) is 0.821. The van der Waals surface area contributed by atoms with Gasteiger partial charge in [0.15, 0.2) is 11.6 Å². The number of halogens is 3. The van der Waals surface area contributed by atoms with Crippen LogP contribution in [0.15, 0.2) is 12.1 Å². The molecule has 1 aliphatic rings. The maximum absolute atomic E-state index is 13.1. The van der Waals surface area contributed by atoms with Crippen molar-refractivity contribution in [3.05, 3.63) is 34.4 Å². The van der Waals surface area contributed by atoms with E-state index in [2.05, 4.69) is 19.2 Å². The van der Waals surface area contributed by atoms with Crippen LogP contribution in [0.3, 0.4) is 0 Å². The van der Waals surface area contributed by atoms with Crippen LogP contribution in [0.25, 0.3) is 0 Å². The van der Waals surface area contributed by atoms with Gasteiger partial charge < -0.3 is 5.32 Å². The second-order valence-corrected chi connectivity index (χ2v) is 6.23. The van der Waals surface area contributed by atoms with Crippen molar-refractivity contribution in [1.82, 2.24) is 5.32 Å². The number of carbonyl (C=O) groups is 1. The van der Waals surface area contributed by atoms with Gasteiger partial charge >= 0.3 is 0 Å². The summed E-state index contributed by atoms with van der Waals surface area (Å²) >= 11 is 5.77. The Hall–Kier alpha value is -1.16. The van der Waals surface area contributed by atoms with Crippen molar-refractivity contribution in [3.8, 4) is 0 Å². The molecule has 0 aliphatic heterocycles. The van der Waals surface area contributed by atoms with E-state index < -0.39 is 17.5 Å². The smallest absolute Gasteiger partial charge is 0.253 e. The van der Waals surface area contributed by atoms with Gasteiger partial charge in [0.1, 0.15) is 0 Å². The zero-order valence-electron chi connectivity index (χ0n) is 10.9. The topological polar surface area (TPSA) is 29.1 Å². The minimum Gasteiger partial charge on any atom is -0.349 e. The third-order valence-electron chi connectivity index (χ3n) is 3.56. The fraction of sp³-hybridized carbons (Fsp3) is 0.500. The summed E-state index contributed by atoms with van der Waals surface area (Å²) in [5, 5.41) is 2.75. The number of rotatable bonds is 2. The van der Waals surface area contributed by atoms with Gasteiger partial charge in [-0.3, -0.25) is 4.79 Å². The predicted octanol–water partition coefficient (Wildman–Crippen LogP) is 3.93. The van der Waals surface area contributed by atoms with Crippen molar-refractivity contribution in [1.29, 1.82) is 0 Å². The van der Waals surface area contributed by atoms with E-state index >= 15 is 0 Å². The lowest BCUT2D eigenvalue weighted by atomic mass is 9.92. The molecule has 1 saturated carbocycles. The van der Waals surface area contributed by atoms with Crippen LogP contribution in [-0.4, -0.2) is 11.9 Å². The van der Waals surface area contributed by atoms with E-state index in [0.29, 0.717) is 0 Å². The first-order chi connectivity index (χ1) is 8.78. The first kappa shape index (κ1) is 14.3. The van der Waals surface area contributed by atoms with Crippen molar-refractivity contribution >= 4 is 17.5 Å². The zero-order valence-corrected chi connectivity index (χ0v) is 11.7. The second-order valence-electron chi connectivity index (χ2n) is 5.82. The average molecular weight is 288 g/mol. The van der Waals surface area contributed by atoms with E-state index in [1.54, 1.807) is 0 Å². The number of amides is 1. The highest BCUT2D eigenvalue weighted by molar-refractivity contribution is 6.33. The average Bonchev–Trinajstić information content (AvgIpc) is 2.63. The number of hydrogen-bond acceptors (Lipinski definition) is 1. The summed E-state index contributed by atoms with van der Waals surface area (Å²) in [4.78, 5) is 12.0. The Morgan fingerprint density at radius 2 is 2.00 bits per heavy atom. The van der Waals surface area contributed by atoms with Crippen molar-refractivity contribution in [2.24, 2.45) is 5.41 Å². The fourth-order valence-corrected chi connectivity index (χ4v) is 2.76. The van der Waals surface area contributed by atoms with Crippen molar-refractivity contribution in [3.63, 3.8) is 0 Å². The maximum Gasteiger partial charge on any atom is 0.253 e. The summed E-state index contributed by atoms with van der Waals surface area (Å²) < 4.78 is 26.1. The second kappa shape index (κ2) is 5.08. The molecule has 1 unspecified atom stereocenters. The van der Waals surface area contributed by atoms with Gasteiger partial charge in [-0.25, -0.2) is 8.78 Å². The molecule has 0 aromatic heterocycles. The van der Waals surface area contributed by atoms with Crippen LogP contribution in [0.4, 0.5) is 8.78 Å². The van der Waals surface area contributed by atoms with Crippen LogP contribution in [0.5, 0.6) is 0 Å². The molecule has 0 heterocycles. The molecule has 0 saturated heterocycles. The highest BCUT2D eigenvalue weighted by atomic mass is 35.5. The number of carbonyl (C=O) groups excluding carboxylic acids is 1. The van der Waals surface area contributed by atoms with E-state index in [1.165, 1.54) is 0 Å². The molecule has 19 heavy (non-hydrogen) atoms. The van der Waals surface area contributed by atoms with Crippen LogP contribution < -0.4 is 5.32 Å². The van der Waals surface area contributed by atoms with Crippen molar-refractivity contribution < 1.29 is 13.6 Å². The Morgan fingerprint density at radius 3 is 2.58 bits per heavy atom. The molecule has 1 amide bonds. The molecular formula is C14H16ClF2NO. The Kier molecular flexibility index (Phi) is 3.81. The van der Waals surface area contributed by atoms with Gasteiger partial charge in [0.25, 0.3) is 5.91 Å². The van der Waals surface area contributed by atoms with E-state index in [1.807, 2.05) is 0 Å². The van der Waals surface area contributed by atoms with Crippen molar-refractivity contribution in [2.45, 2.75) is 39.2 Å². The molecule has 5 heteroatoms. The Morgan fingerprint density at radius 1 is 1.37 bits per heavy atom. The molecule has 1 aromatic carbocycles. The normalized spacial score (nSPS) is 21.4. The Balaban J connectivity index is 2.11. The molecular weight excluding hydrogens is 272 g/mol. The molecule has 1 aliphatic carbocycles. The minimum atomic E-state index is -1.07. The van der Waals surface area contributed by atoms with Crippen LogP contribution in [-0.2, 0) is 0 Å². The summed E-state index contributed by atoms with van der Waals surface area (Å²) in [6, 6.07) is 1.73. The molecule has 1 fully saturated rings. The summed E-state index contributed by atoms with van der Waals surface area (Å²) in [5.74, 6) is -2.57. The molecule has 0 bridgehead atoms. The lowest BCUT2D eigenvalue weighted by Crippen LogP contribution is -2.33. The van der Waals surface area contributed by atoms with Gasteiger partial charge in [0.05, 0.1) is 10.6 Å². The van der Waals surface area contributed by atoms with Gasteiger partial charge in [-0.2, -0.15) is 0 Å². The first-order valence-corrected chi connectivity index (χ1v) is 6.62. The predicted molar refractivity (Wildman–Crippen MR) is 70.3 cm³/mol. The van der Waals surface area contributed by atoms with Crippen LogP contribution >= 0.6 is 11.6 Å². The summed E-state index contributed by atoms with van der Waals surface area (Å²) in [6.45, 7) is 4.29. The lowest BCUT2D eigenvalue weighted by molar-refractivity contribution is 0.0935. The maximum atomic E-state index is 13.1. The third-order valence-corrected chi connectivity index (χ3v) is 3.87. The van der Waals surface area contributed by atoms with Gasteiger partial charge in [-0.05, 0) is 36.8 Å². The molecule has 2 rings (SSSR count). The third kappa shape index (κ3) is 3.24. The first-order valence-electron chi connectivity index (χ1n) is 6.24. The van der Waals surface area contributed by atoms with Crippen LogP contribution in [0.2, 0.25) is 5.02 Å². The summed E-state index contributed by atoms with van der Waals surface area (Å²) in [7, 11) is 0. The van der Waals surface area contributed by atoms with E-state index in [0.717, 1.165) is 31.4 Å². The number of benzene rings is 1. The summed E-state index contributed by atoms with van der Waals surface area (Å²) in [6.07, 6.45) is 2.80. The largest absolute Gasteiger partial charge is 0.349 e. The molecule has 1 N–H and O–H groups in total. The highest BCUT2D eigenvalue weighted by Gasteiger charge is 2.32. The van der Waals surface area contributed by atoms with Crippen molar-refractivity contribution in [2.75, 3.05) is 0 Å². The molecule has 0 radical (unpaired) electrons. The van der Waals surface area contributed by atoms with E-state index in [-0.39, 0.29) is 22.0 Å². The molecule has 104 valence electrons. The lowest BCUT2D eigenvalue weighted by Gasteiger charge is -2.18. The van der Waals surface area contributed by atoms with Crippen LogP contribution in [0.1, 0.15) is 43.5 Å². The van der Waals surface area contributed by atoms with E-state index in [9.17, 15) is 13.6 Å². The standard InChI is InChI=1S/C14H16ClF2NO/c1-14(2)4-3-8(7-14)18-13(19)9-5-11(16)12(17)6-10(9)15/h5-6,8H,3-4,7H2,1-2H3,(H,18,19). The van der Waals surface area contributed by atoms with Gasteiger partial charge in [-0.15, -0.1) is 0 Å². The highest BCUT2D eigenvalue weighted by Crippen LogP contribution is 2.37. The number of nitrogens with one attached hydrogen (secondary N) is 1. The zero-order chi connectivity index (χ0) is 14.2. The van der Waals surface area contributed by atoms with Gasteiger partial charge in [-0.1, -0.05) is 25.4 Å². The Labute approximate surface area is 116 Å². The SMILES string of the molecule is CC1(C)CCC(NC(=O)c2cc(F)c(F)cc2Cl)C1. The fourth-order valence-electron chi connectivity index (χ4n) is 2.52. The van der Waals surface area contributed by atoms with E-state index in [4.69, 9.17) is 11.6 Å². The molecule has 1 atom stereocenters. The Bertz CT molecular complexity index is 516. The molecule has 1 aromatic rings. The minimum absolute atomic E-state index is 0.0229. The molecule has 2 nitrogen and oxygen atoms in total. The van der Waals surface area contributed by atoms with Gasteiger partial charge in [0, 0.05) is 6.04 Å². The van der Waals surface area contributed by atoms with Gasteiger partial charge in [0.2, 0.25) is 0 Å². The molecule has 0 spiro atoms. The van der Waals surface area contributed by atoms with Crippen LogP contribution in [0, 0.1) is 17.0 Å². The summed E-state index contributed by atoms with van der Waals surface area (Å²) in [5.41, 5.74) is 0.181.